The van der Waals surface area contributed by atoms with Gasteiger partial charge in [0.1, 0.15) is 0 Å². The molecule has 2 aromatic rings. The Morgan fingerprint density at radius 1 is 0.966 bits per heavy atom. The molecule has 0 saturated heterocycles. The molecule has 0 bridgehead atoms. The molecule has 0 saturated carbocycles. The van der Waals surface area contributed by atoms with Gasteiger partial charge in [-0.2, -0.15) is 0 Å². The van der Waals surface area contributed by atoms with Gasteiger partial charge in [0.15, 0.2) is 8.32 Å². The van der Waals surface area contributed by atoms with Crippen LogP contribution in [0.5, 0.6) is 0 Å². The molecule has 0 unspecified atom stereocenters. The summed E-state index contributed by atoms with van der Waals surface area (Å²) in [6.45, 7) is 13.2. The number of ether oxygens (including phenoxy) is 1. The molecule has 2 aromatic carbocycles. The maximum atomic E-state index is 6.19. The molecule has 0 heterocycles. The molecular weight excluding hydrogens is 372 g/mol. The van der Waals surface area contributed by atoms with E-state index in [1.54, 1.807) is 0 Å². The fourth-order valence-corrected chi connectivity index (χ4v) is 3.53. The summed E-state index contributed by atoms with van der Waals surface area (Å²) in [6.07, 6.45) is 4.87. The van der Waals surface area contributed by atoms with Gasteiger partial charge in [-0.1, -0.05) is 93.3 Å². The van der Waals surface area contributed by atoms with Crippen LogP contribution >= 0.6 is 0 Å². The third kappa shape index (κ3) is 8.02. The topological polar surface area (TPSA) is 18.5 Å². The van der Waals surface area contributed by atoms with Crippen molar-refractivity contribution in [3.8, 4) is 11.8 Å². The first-order valence-electron chi connectivity index (χ1n) is 10.3. The SMILES string of the molecule is CC(C)(C)[Si](C)(C)OCCC#Cc1ccccc1COC/C=C/c1ccccc1. The molecule has 0 fully saturated rings. The third-order valence-electron chi connectivity index (χ3n) is 5.32. The smallest absolute Gasteiger partial charge is 0.192 e. The molecule has 154 valence electrons. The molecule has 3 heteroatoms. The van der Waals surface area contributed by atoms with E-state index in [9.17, 15) is 0 Å². The van der Waals surface area contributed by atoms with Gasteiger partial charge >= 0.3 is 0 Å². The number of hydrogen-bond acceptors (Lipinski definition) is 2. The summed E-state index contributed by atoms with van der Waals surface area (Å²) >= 11 is 0. The van der Waals surface area contributed by atoms with E-state index in [4.69, 9.17) is 9.16 Å². The maximum Gasteiger partial charge on any atom is 0.192 e. The molecule has 0 N–H and O–H groups in total. The second kappa shape index (κ2) is 11.2. The zero-order chi connectivity index (χ0) is 21.2. The Morgan fingerprint density at radius 3 is 2.38 bits per heavy atom. The molecular formula is C26H34O2Si. The highest BCUT2D eigenvalue weighted by Gasteiger charge is 2.36. The van der Waals surface area contributed by atoms with Crippen molar-refractivity contribution in [1.29, 1.82) is 0 Å². The van der Waals surface area contributed by atoms with Gasteiger partial charge in [0, 0.05) is 18.6 Å². The van der Waals surface area contributed by atoms with Crippen molar-refractivity contribution in [3.63, 3.8) is 0 Å². The minimum absolute atomic E-state index is 0.235. The van der Waals surface area contributed by atoms with E-state index in [0.717, 1.165) is 17.5 Å². The highest BCUT2D eigenvalue weighted by molar-refractivity contribution is 6.74. The molecule has 0 radical (unpaired) electrons. The summed E-state index contributed by atoms with van der Waals surface area (Å²) in [7, 11) is -1.69. The van der Waals surface area contributed by atoms with Crippen molar-refractivity contribution in [2.45, 2.75) is 51.9 Å². The van der Waals surface area contributed by atoms with Crippen LogP contribution in [-0.2, 0) is 15.8 Å². The average Bonchev–Trinajstić information content (AvgIpc) is 2.68. The molecule has 0 aliphatic rings. The first-order valence-corrected chi connectivity index (χ1v) is 13.2. The van der Waals surface area contributed by atoms with Crippen molar-refractivity contribution >= 4 is 14.4 Å². The van der Waals surface area contributed by atoms with Crippen molar-refractivity contribution in [1.82, 2.24) is 0 Å². The highest BCUT2D eigenvalue weighted by atomic mass is 28.4. The molecule has 2 nitrogen and oxygen atoms in total. The van der Waals surface area contributed by atoms with Gasteiger partial charge in [-0.3, -0.25) is 0 Å². The van der Waals surface area contributed by atoms with Crippen LogP contribution in [0.2, 0.25) is 18.1 Å². The monoisotopic (exact) mass is 406 g/mol. The van der Waals surface area contributed by atoms with Gasteiger partial charge < -0.3 is 9.16 Å². The van der Waals surface area contributed by atoms with Gasteiger partial charge in [0.2, 0.25) is 0 Å². The van der Waals surface area contributed by atoms with Crippen molar-refractivity contribution in [3.05, 3.63) is 77.4 Å². The van der Waals surface area contributed by atoms with Crippen molar-refractivity contribution < 1.29 is 9.16 Å². The van der Waals surface area contributed by atoms with E-state index in [-0.39, 0.29) is 5.04 Å². The lowest BCUT2D eigenvalue weighted by molar-refractivity contribution is 0.149. The minimum Gasteiger partial charge on any atom is -0.416 e. The van der Waals surface area contributed by atoms with Crippen LogP contribution in [0.1, 0.15) is 43.9 Å². The van der Waals surface area contributed by atoms with Crippen LogP contribution in [0.15, 0.2) is 60.7 Å². The molecule has 0 aliphatic heterocycles. The summed E-state index contributed by atoms with van der Waals surface area (Å²) in [5.74, 6) is 6.56. The fourth-order valence-electron chi connectivity index (χ4n) is 2.48. The Morgan fingerprint density at radius 2 is 1.66 bits per heavy atom. The summed E-state index contributed by atoms with van der Waals surface area (Å²) in [5.41, 5.74) is 3.34. The van der Waals surface area contributed by atoms with Gasteiger partial charge in [-0.25, -0.2) is 0 Å². The first kappa shape index (κ1) is 23.2. The second-order valence-corrected chi connectivity index (χ2v) is 13.5. The van der Waals surface area contributed by atoms with Gasteiger partial charge in [-0.15, -0.1) is 0 Å². The van der Waals surface area contributed by atoms with E-state index in [0.29, 0.717) is 19.8 Å². The summed E-state index contributed by atoms with van der Waals surface area (Å²) in [4.78, 5) is 0. The third-order valence-corrected chi connectivity index (χ3v) is 9.86. The van der Waals surface area contributed by atoms with Crippen molar-refractivity contribution in [2.75, 3.05) is 13.2 Å². The van der Waals surface area contributed by atoms with Gasteiger partial charge in [-0.05, 0) is 35.3 Å². The summed E-state index contributed by atoms with van der Waals surface area (Å²) < 4.78 is 12.0. The zero-order valence-corrected chi connectivity index (χ0v) is 19.5. The summed E-state index contributed by atoms with van der Waals surface area (Å²) in [5, 5.41) is 0.235. The molecule has 0 spiro atoms. The Hall–Kier alpha value is -2.12. The van der Waals surface area contributed by atoms with E-state index in [2.05, 4.69) is 76.0 Å². The van der Waals surface area contributed by atoms with Crippen LogP contribution in [0.3, 0.4) is 0 Å². The molecule has 2 rings (SSSR count). The van der Waals surface area contributed by atoms with Gasteiger partial charge in [0.05, 0.1) is 13.2 Å². The van der Waals surface area contributed by atoms with E-state index < -0.39 is 8.32 Å². The van der Waals surface area contributed by atoms with Crippen molar-refractivity contribution in [2.24, 2.45) is 0 Å². The van der Waals surface area contributed by atoms with Crippen LogP contribution in [0.4, 0.5) is 0 Å². The largest absolute Gasteiger partial charge is 0.416 e. The predicted molar refractivity (Wildman–Crippen MR) is 126 cm³/mol. The lowest BCUT2D eigenvalue weighted by Gasteiger charge is -2.35. The quantitative estimate of drug-likeness (QED) is 0.276. The summed E-state index contributed by atoms with van der Waals surface area (Å²) in [6, 6.07) is 18.4. The van der Waals surface area contributed by atoms with Gasteiger partial charge in [0.25, 0.3) is 0 Å². The molecule has 29 heavy (non-hydrogen) atoms. The van der Waals surface area contributed by atoms with E-state index >= 15 is 0 Å². The fraction of sp³-hybridized carbons (Fsp3) is 0.385. The number of benzene rings is 2. The predicted octanol–water partition coefficient (Wildman–Crippen LogP) is 6.68. The second-order valence-electron chi connectivity index (χ2n) is 8.65. The normalized spacial score (nSPS) is 12.0. The lowest BCUT2D eigenvalue weighted by atomic mass is 10.1. The standard InChI is InChI=1S/C26H34O2Si/c1-26(2,3)29(4,5)28-21-12-11-18-24-17-9-10-19-25(24)22-27-20-13-16-23-14-7-6-8-15-23/h6-10,13-17,19H,12,20-22H2,1-5H3/b16-13+. The van der Waals surface area contributed by atoms with Crippen LogP contribution < -0.4 is 0 Å². The lowest BCUT2D eigenvalue weighted by Crippen LogP contribution is -2.40. The molecule has 0 atom stereocenters. The number of hydrogen-bond donors (Lipinski definition) is 0. The molecule has 0 aliphatic carbocycles. The highest BCUT2D eigenvalue weighted by Crippen LogP contribution is 2.36. The first-order chi connectivity index (χ1) is 13.8. The van der Waals surface area contributed by atoms with Crippen LogP contribution in [0.25, 0.3) is 6.08 Å². The van der Waals surface area contributed by atoms with E-state index in [1.165, 1.54) is 5.56 Å². The van der Waals surface area contributed by atoms with E-state index in [1.807, 2.05) is 36.4 Å². The Kier molecular flexibility index (Phi) is 8.91. The zero-order valence-electron chi connectivity index (χ0n) is 18.5. The van der Waals surface area contributed by atoms with Crippen LogP contribution in [-0.4, -0.2) is 21.5 Å². The number of rotatable bonds is 8. The molecule has 0 aromatic heterocycles. The molecule has 0 amide bonds. The average molecular weight is 407 g/mol. The Bertz CT molecular complexity index is 836. The minimum atomic E-state index is -1.69. The maximum absolute atomic E-state index is 6.19. The Labute approximate surface area is 178 Å². The van der Waals surface area contributed by atoms with Crippen LogP contribution in [0, 0.1) is 11.8 Å². The Balaban J connectivity index is 1.81.